The van der Waals surface area contributed by atoms with E-state index in [0.29, 0.717) is 6.33 Å². The van der Waals surface area contributed by atoms with Crippen molar-refractivity contribution in [2.24, 2.45) is 5.73 Å². The van der Waals surface area contributed by atoms with Crippen LogP contribution in [0, 0.1) is 0 Å². The van der Waals surface area contributed by atoms with E-state index in [1.54, 1.807) is 0 Å². The van der Waals surface area contributed by atoms with Gasteiger partial charge in [0.15, 0.2) is 0 Å². The van der Waals surface area contributed by atoms with E-state index in [4.69, 9.17) is 10.5 Å². The molecule has 0 aliphatic heterocycles. The van der Waals surface area contributed by atoms with Crippen molar-refractivity contribution in [2.75, 3.05) is 13.2 Å². The lowest BCUT2D eigenvalue weighted by atomic mass is 10.3. The highest BCUT2D eigenvalue weighted by molar-refractivity contribution is 5.31. The van der Waals surface area contributed by atoms with E-state index in [1.165, 1.54) is 12.1 Å². The molecule has 0 fully saturated rings. The van der Waals surface area contributed by atoms with Crippen LogP contribution in [0.4, 0.5) is 17.6 Å². The predicted octanol–water partition coefficient (Wildman–Crippen LogP) is 2.78. The minimum Gasteiger partial charge on any atom is -0.489 e. The molecule has 0 aliphatic carbocycles. The van der Waals surface area contributed by atoms with Crippen molar-refractivity contribution >= 4 is 0 Å². The van der Waals surface area contributed by atoms with Gasteiger partial charge in [0, 0.05) is 12.1 Å². The normalized spacial score (nSPS) is 12.4. The maximum absolute atomic E-state index is 12.1. The number of nitrogens with two attached hydrogens (primary N) is 1. The Hall–Kier alpha value is -1.76. The fourth-order valence-corrected chi connectivity index (χ4v) is 1.05. The number of ether oxygens (including phenoxy) is 2. The molecule has 7 heteroatoms. The molecule has 3 nitrogen and oxygen atoms in total. The topological polar surface area (TPSA) is 44.5 Å². The molecule has 0 aromatic heterocycles. The Morgan fingerprint density at radius 1 is 1.17 bits per heavy atom. The molecule has 2 N–H and O–H groups in total. The van der Waals surface area contributed by atoms with E-state index in [9.17, 15) is 17.6 Å². The quantitative estimate of drug-likeness (QED) is 0.832. The van der Waals surface area contributed by atoms with Crippen LogP contribution in [-0.2, 0) is 0 Å². The fourth-order valence-electron chi connectivity index (χ4n) is 1.05. The molecule has 100 valence electrons. The standard InChI is InChI=1S/C11H11F4NO2/c12-5-8(6-16)7-17-9-1-3-10(4-2-9)18-11(13,14)15/h1-5H,6-7,16H2/b8-5+. The van der Waals surface area contributed by atoms with E-state index in [2.05, 4.69) is 4.74 Å². The molecule has 0 atom stereocenters. The highest BCUT2D eigenvalue weighted by Gasteiger charge is 2.30. The van der Waals surface area contributed by atoms with E-state index >= 15 is 0 Å². The van der Waals surface area contributed by atoms with Gasteiger partial charge in [0.05, 0.1) is 6.33 Å². The first kappa shape index (κ1) is 14.3. The van der Waals surface area contributed by atoms with Gasteiger partial charge < -0.3 is 15.2 Å². The molecule has 0 bridgehead atoms. The number of hydrogen-bond donors (Lipinski definition) is 1. The van der Waals surface area contributed by atoms with E-state index in [0.717, 1.165) is 12.1 Å². The molecule has 0 amide bonds. The fraction of sp³-hybridized carbons (Fsp3) is 0.273. The summed E-state index contributed by atoms with van der Waals surface area (Å²) in [6.45, 7) is -0.0573. The van der Waals surface area contributed by atoms with Crippen LogP contribution in [0.2, 0.25) is 0 Å². The second kappa shape index (κ2) is 6.25. The average molecular weight is 265 g/mol. The molecule has 1 aromatic carbocycles. The summed E-state index contributed by atoms with van der Waals surface area (Å²) in [6.07, 6.45) is -4.40. The smallest absolute Gasteiger partial charge is 0.489 e. The van der Waals surface area contributed by atoms with Crippen LogP contribution in [0.1, 0.15) is 0 Å². The first-order valence-electron chi connectivity index (χ1n) is 4.91. The Kier molecular flexibility index (Phi) is 4.96. The number of hydrogen-bond acceptors (Lipinski definition) is 3. The van der Waals surface area contributed by atoms with Crippen molar-refractivity contribution in [2.45, 2.75) is 6.36 Å². The Morgan fingerprint density at radius 2 is 1.72 bits per heavy atom. The molecule has 18 heavy (non-hydrogen) atoms. The molecule has 0 saturated carbocycles. The number of alkyl halides is 3. The Labute approximate surface area is 101 Å². The number of rotatable bonds is 5. The summed E-state index contributed by atoms with van der Waals surface area (Å²) in [7, 11) is 0. The van der Waals surface area contributed by atoms with Gasteiger partial charge in [0.1, 0.15) is 18.1 Å². The van der Waals surface area contributed by atoms with Gasteiger partial charge in [-0.1, -0.05) is 0 Å². The van der Waals surface area contributed by atoms with Crippen LogP contribution in [-0.4, -0.2) is 19.5 Å². The third-order valence-corrected chi connectivity index (χ3v) is 1.90. The Morgan fingerprint density at radius 3 is 2.17 bits per heavy atom. The highest BCUT2D eigenvalue weighted by Crippen LogP contribution is 2.24. The summed E-state index contributed by atoms with van der Waals surface area (Å²) < 4.78 is 56.5. The summed E-state index contributed by atoms with van der Waals surface area (Å²) in [4.78, 5) is 0. The molecule has 1 aromatic rings. The Balaban J connectivity index is 2.55. The lowest BCUT2D eigenvalue weighted by Crippen LogP contribution is -2.17. The third kappa shape index (κ3) is 5.05. The van der Waals surface area contributed by atoms with E-state index < -0.39 is 6.36 Å². The van der Waals surface area contributed by atoms with Gasteiger partial charge in [0.25, 0.3) is 0 Å². The molecule has 0 unspecified atom stereocenters. The zero-order valence-corrected chi connectivity index (χ0v) is 9.21. The van der Waals surface area contributed by atoms with Gasteiger partial charge in [0.2, 0.25) is 0 Å². The highest BCUT2D eigenvalue weighted by atomic mass is 19.4. The molecule has 0 heterocycles. The zero-order valence-electron chi connectivity index (χ0n) is 9.21. The van der Waals surface area contributed by atoms with E-state index in [-0.39, 0.29) is 30.2 Å². The van der Waals surface area contributed by atoms with Crippen LogP contribution in [0.5, 0.6) is 11.5 Å². The summed E-state index contributed by atoms with van der Waals surface area (Å²) in [5, 5.41) is 0. The first-order chi connectivity index (χ1) is 8.44. The van der Waals surface area contributed by atoms with Crippen molar-refractivity contribution in [3.05, 3.63) is 36.2 Å². The first-order valence-corrected chi connectivity index (χ1v) is 4.91. The van der Waals surface area contributed by atoms with Crippen LogP contribution in [0.3, 0.4) is 0 Å². The summed E-state index contributed by atoms with van der Waals surface area (Å²) in [6, 6.07) is 4.77. The molecule has 0 saturated heterocycles. The number of halogens is 4. The molecular formula is C11H11F4NO2. The summed E-state index contributed by atoms with van der Waals surface area (Å²) in [5.74, 6) is -0.0627. The molecule has 0 aliphatic rings. The van der Waals surface area contributed by atoms with Gasteiger partial charge >= 0.3 is 6.36 Å². The lowest BCUT2D eigenvalue weighted by Gasteiger charge is -2.10. The second-order valence-corrected chi connectivity index (χ2v) is 3.28. The van der Waals surface area contributed by atoms with E-state index in [1.807, 2.05) is 0 Å². The van der Waals surface area contributed by atoms with Crippen molar-refractivity contribution in [3.63, 3.8) is 0 Å². The van der Waals surface area contributed by atoms with Crippen molar-refractivity contribution in [3.8, 4) is 11.5 Å². The SMILES string of the molecule is NC/C(=C\F)COc1ccc(OC(F)(F)F)cc1. The van der Waals surface area contributed by atoms with Gasteiger partial charge in [-0.15, -0.1) is 13.2 Å². The molecule has 1 rings (SSSR count). The largest absolute Gasteiger partial charge is 0.573 e. The maximum atomic E-state index is 12.1. The van der Waals surface area contributed by atoms with Crippen LogP contribution in [0.15, 0.2) is 36.2 Å². The van der Waals surface area contributed by atoms with Gasteiger partial charge in [-0.05, 0) is 24.3 Å². The average Bonchev–Trinajstić information content (AvgIpc) is 2.30. The predicted molar refractivity (Wildman–Crippen MR) is 56.9 cm³/mol. The second-order valence-electron chi connectivity index (χ2n) is 3.28. The summed E-state index contributed by atoms with van der Waals surface area (Å²) >= 11 is 0. The minimum atomic E-state index is -4.73. The lowest BCUT2D eigenvalue weighted by molar-refractivity contribution is -0.274. The van der Waals surface area contributed by atoms with Gasteiger partial charge in [-0.2, -0.15) is 0 Å². The van der Waals surface area contributed by atoms with Crippen LogP contribution >= 0.6 is 0 Å². The molecule has 0 spiro atoms. The molecular weight excluding hydrogens is 254 g/mol. The van der Waals surface area contributed by atoms with Gasteiger partial charge in [-0.3, -0.25) is 0 Å². The zero-order chi connectivity index (χ0) is 13.6. The summed E-state index contributed by atoms with van der Waals surface area (Å²) in [5.41, 5.74) is 5.45. The number of benzene rings is 1. The molecule has 0 radical (unpaired) electrons. The van der Waals surface area contributed by atoms with Gasteiger partial charge in [-0.25, -0.2) is 4.39 Å². The maximum Gasteiger partial charge on any atom is 0.573 e. The van der Waals surface area contributed by atoms with Crippen molar-refractivity contribution in [1.82, 2.24) is 0 Å². The van der Waals surface area contributed by atoms with Crippen LogP contribution in [0.25, 0.3) is 0 Å². The van der Waals surface area contributed by atoms with Crippen molar-refractivity contribution < 1.29 is 27.0 Å². The third-order valence-electron chi connectivity index (χ3n) is 1.90. The monoisotopic (exact) mass is 265 g/mol. The van der Waals surface area contributed by atoms with Crippen LogP contribution < -0.4 is 15.2 Å². The van der Waals surface area contributed by atoms with Crippen molar-refractivity contribution in [1.29, 1.82) is 0 Å². The Bertz CT molecular complexity index is 400. The minimum absolute atomic E-state index is 0.00572.